The molecule has 2 aliphatic heterocycles. The maximum absolute atomic E-state index is 11.9. The van der Waals surface area contributed by atoms with Gasteiger partial charge in [0.1, 0.15) is 6.61 Å². The number of amides is 1. The van der Waals surface area contributed by atoms with Crippen molar-refractivity contribution in [2.24, 2.45) is 5.92 Å². The zero-order valence-corrected chi connectivity index (χ0v) is 23.3. The molecule has 2 aliphatic rings. The van der Waals surface area contributed by atoms with Gasteiger partial charge in [0.15, 0.2) is 6.29 Å². The average molecular weight is 560 g/mol. The average Bonchev–Trinajstić information content (AvgIpc) is 3.02. The molecule has 1 aromatic heterocycles. The number of rotatable bonds is 9. The fourth-order valence-electron chi connectivity index (χ4n) is 5.18. The second-order valence-corrected chi connectivity index (χ2v) is 10.3. The third kappa shape index (κ3) is 7.28. The highest BCUT2D eigenvalue weighted by Gasteiger charge is 2.39. The summed E-state index contributed by atoms with van der Waals surface area (Å²) < 4.78 is 18.2. The van der Waals surface area contributed by atoms with E-state index < -0.39 is 12.4 Å². The van der Waals surface area contributed by atoms with Crippen molar-refractivity contribution in [1.29, 1.82) is 0 Å². The SMILES string of the molecule is C=CCOC(=O)Nc1ccc([C@@H]2O[C@H](CN3CCN(c4ncccn4)CC3)[C@H](C)[C@H](c3ccc(CO)cc3)O2)cc1. The molecule has 1 amide bonds. The number of carbonyl (C=O) groups excluding carboxylic acids is 1. The van der Waals surface area contributed by atoms with Crippen molar-refractivity contribution in [2.45, 2.75) is 32.0 Å². The third-order valence-electron chi connectivity index (χ3n) is 7.53. The summed E-state index contributed by atoms with van der Waals surface area (Å²) in [5.41, 5.74) is 3.37. The zero-order valence-electron chi connectivity index (χ0n) is 23.3. The first-order valence-electron chi connectivity index (χ1n) is 13.9. The molecule has 0 saturated carbocycles. The highest BCUT2D eigenvalue weighted by Crippen LogP contribution is 2.42. The summed E-state index contributed by atoms with van der Waals surface area (Å²) in [5, 5.41) is 12.2. The van der Waals surface area contributed by atoms with Crippen molar-refractivity contribution in [2.75, 3.05) is 49.5 Å². The van der Waals surface area contributed by atoms with E-state index in [0.29, 0.717) is 5.69 Å². The molecule has 5 rings (SSSR count). The van der Waals surface area contributed by atoms with Crippen molar-refractivity contribution >= 4 is 17.7 Å². The molecule has 0 bridgehead atoms. The number of aromatic nitrogens is 2. The number of nitrogens with zero attached hydrogens (tertiary/aromatic N) is 4. The Morgan fingerprint density at radius 1 is 1.05 bits per heavy atom. The van der Waals surface area contributed by atoms with Crippen LogP contribution >= 0.6 is 0 Å². The maximum Gasteiger partial charge on any atom is 0.411 e. The Bertz CT molecular complexity index is 1270. The number of aliphatic hydroxyl groups excluding tert-OH is 1. The molecular formula is C31H37N5O5. The highest BCUT2D eigenvalue weighted by molar-refractivity contribution is 5.84. The van der Waals surface area contributed by atoms with E-state index in [4.69, 9.17) is 14.2 Å². The Morgan fingerprint density at radius 2 is 1.73 bits per heavy atom. The molecule has 0 unspecified atom stereocenters. The number of hydrogen-bond acceptors (Lipinski definition) is 9. The van der Waals surface area contributed by atoms with Crippen molar-refractivity contribution in [3.8, 4) is 0 Å². The van der Waals surface area contributed by atoms with Gasteiger partial charge in [-0.15, -0.1) is 0 Å². The molecule has 3 aromatic rings. The van der Waals surface area contributed by atoms with Crippen LogP contribution < -0.4 is 10.2 Å². The van der Waals surface area contributed by atoms with E-state index in [0.717, 1.165) is 55.4 Å². The van der Waals surface area contributed by atoms with Gasteiger partial charge in [0.25, 0.3) is 0 Å². The van der Waals surface area contributed by atoms with Crippen molar-refractivity contribution in [3.63, 3.8) is 0 Å². The lowest BCUT2D eigenvalue weighted by molar-refractivity contribution is -0.276. The summed E-state index contributed by atoms with van der Waals surface area (Å²) in [7, 11) is 0. The minimum Gasteiger partial charge on any atom is -0.445 e. The number of anilines is 2. The second-order valence-electron chi connectivity index (χ2n) is 10.3. The molecule has 10 nitrogen and oxygen atoms in total. The first kappa shape index (κ1) is 28.7. The molecule has 216 valence electrons. The Balaban J connectivity index is 1.29. The van der Waals surface area contributed by atoms with Crippen LogP contribution in [-0.2, 0) is 20.8 Å². The summed E-state index contributed by atoms with van der Waals surface area (Å²) in [6.07, 6.45) is 3.66. The fourth-order valence-corrected chi connectivity index (χ4v) is 5.18. The molecule has 2 aromatic carbocycles. The molecule has 0 spiro atoms. The monoisotopic (exact) mass is 559 g/mol. The lowest BCUT2D eigenvalue weighted by Gasteiger charge is -2.44. The van der Waals surface area contributed by atoms with Gasteiger partial charge >= 0.3 is 6.09 Å². The van der Waals surface area contributed by atoms with Crippen LogP contribution in [0.1, 0.15) is 36.0 Å². The Hall–Kier alpha value is -3.83. The number of piperazine rings is 1. The van der Waals surface area contributed by atoms with Crippen LogP contribution in [0.15, 0.2) is 79.6 Å². The Morgan fingerprint density at radius 3 is 2.39 bits per heavy atom. The molecular weight excluding hydrogens is 522 g/mol. The lowest BCUT2D eigenvalue weighted by Crippen LogP contribution is -2.51. The van der Waals surface area contributed by atoms with E-state index in [1.807, 2.05) is 42.5 Å². The quantitative estimate of drug-likeness (QED) is 0.371. The van der Waals surface area contributed by atoms with Gasteiger partial charge in [-0.1, -0.05) is 56.0 Å². The van der Waals surface area contributed by atoms with Crippen LogP contribution in [0.4, 0.5) is 16.4 Å². The van der Waals surface area contributed by atoms with Gasteiger partial charge in [-0.05, 0) is 29.3 Å². The summed E-state index contributed by atoms with van der Waals surface area (Å²) in [6, 6.07) is 17.1. The normalized spacial score (nSPS) is 23.1. The van der Waals surface area contributed by atoms with Gasteiger partial charge in [-0.25, -0.2) is 14.8 Å². The summed E-state index contributed by atoms with van der Waals surface area (Å²) >= 11 is 0. The molecule has 0 aliphatic carbocycles. The molecule has 2 saturated heterocycles. The fraction of sp³-hybridized carbons (Fsp3) is 0.387. The molecule has 2 fully saturated rings. The van der Waals surface area contributed by atoms with Crippen molar-refractivity contribution in [1.82, 2.24) is 14.9 Å². The number of hydrogen-bond donors (Lipinski definition) is 2. The predicted octanol–water partition coefficient (Wildman–Crippen LogP) is 4.32. The minimum atomic E-state index is -0.584. The number of aliphatic hydroxyl groups is 1. The second kappa shape index (κ2) is 13.7. The number of nitrogens with one attached hydrogen (secondary N) is 1. The summed E-state index contributed by atoms with van der Waals surface area (Å²) in [5.74, 6) is 0.850. The highest BCUT2D eigenvalue weighted by atomic mass is 16.7. The standard InChI is InChI=1S/C31H37N5O5/c1-3-19-39-31(38)34-26-11-9-25(10-12-26)29-40-27(22(2)28(41-29)24-7-5-23(21-37)6-8-24)20-35-15-17-36(18-16-35)30-32-13-4-14-33-30/h3-14,22,27-29,37H,1,15-21H2,2H3,(H,34,38)/t22-,27+,28+,29+/m0/s1. The molecule has 3 heterocycles. The van der Waals surface area contributed by atoms with Crippen LogP contribution in [-0.4, -0.2) is 71.5 Å². The smallest absolute Gasteiger partial charge is 0.411 e. The van der Waals surface area contributed by atoms with Crippen LogP contribution in [0.3, 0.4) is 0 Å². The van der Waals surface area contributed by atoms with E-state index in [1.165, 1.54) is 6.08 Å². The van der Waals surface area contributed by atoms with Gasteiger partial charge < -0.3 is 24.2 Å². The minimum absolute atomic E-state index is 0.00274. The molecule has 0 radical (unpaired) electrons. The van der Waals surface area contributed by atoms with Gasteiger partial charge in [0, 0.05) is 62.3 Å². The third-order valence-corrected chi connectivity index (χ3v) is 7.53. The van der Waals surface area contributed by atoms with E-state index in [2.05, 4.69) is 38.6 Å². The zero-order chi connectivity index (χ0) is 28.6. The van der Waals surface area contributed by atoms with E-state index in [-0.39, 0.29) is 31.3 Å². The maximum atomic E-state index is 11.9. The first-order valence-corrected chi connectivity index (χ1v) is 13.9. The Labute approximate surface area is 240 Å². The van der Waals surface area contributed by atoms with Gasteiger partial charge in [-0.3, -0.25) is 10.2 Å². The Kier molecular flexibility index (Phi) is 9.58. The van der Waals surface area contributed by atoms with E-state index >= 15 is 0 Å². The molecule has 41 heavy (non-hydrogen) atoms. The molecule has 2 N–H and O–H groups in total. The van der Waals surface area contributed by atoms with Crippen LogP contribution in [0, 0.1) is 5.92 Å². The van der Waals surface area contributed by atoms with Crippen LogP contribution in [0.5, 0.6) is 0 Å². The lowest BCUT2D eigenvalue weighted by atomic mass is 9.90. The van der Waals surface area contributed by atoms with E-state index in [1.54, 1.807) is 24.5 Å². The van der Waals surface area contributed by atoms with E-state index in [9.17, 15) is 9.90 Å². The van der Waals surface area contributed by atoms with Gasteiger partial charge in [0.05, 0.1) is 18.8 Å². The molecule has 4 atom stereocenters. The first-order chi connectivity index (χ1) is 20.0. The van der Waals surface area contributed by atoms with Crippen LogP contribution in [0.2, 0.25) is 0 Å². The molecule has 10 heteroatoms. The number of ether oxygens (including phenoxy) is 3. The number of benzene rings is 2. The number of carbonyl (C=O) groups is 1. The van der Waals surface area contributed by atoms with Crippen LogP contribution in [0.25, 0.3) is 0 Å². The summed E-state index contributed by atoms with van der Waals surface area (Å²) in [4.78, 5) is 25.3. The van der Waals surface area contributed by atoms with Crippen molar-refractivity contribution in [3.05, 3.63) is 96.3 Å². The van der Waals surface area contributed by atoms with Crippen molar-refractivity contribution < 1.29 is 24.1 Å². The topological polar surface area (TPSA) is 109 Å². The summed E-state index contributed by atoms with van der Waals surface area (Å²) in [6.45, 7) is 10.1. The van der Waals surface area contributed by atoms with Gasteiger partial charge in [-0.2, -0.15) is 0 Å². The van der Waals surface area contributed by atoms with Gasteiger partial charge in [0.2, 0.25) is 5.95 Å². The predicted molar refractivity (Wildman–Crippen MR) is 155 cm³/mol. The largest absolute Gasteiger partial charge is 0.445 e.